The highest BCUT2D eigenvalue weighted by Gasteiger charge is 2.33. The maximum Gasteiger partial charge on any atom is 0.250 e. The highest BCUT2D eigenvalue weighted by molar-refractivity contribution is 6.30. The smallest absolute Gasteiger partial charge is 0.250 e. The highest BCUT2D eigenvalue weighted by atomic mass is 35.5. The topological polar surface area (TPSA) is 90.3 Å². The second-order valence-electron chi connectivity index (χ2n) is 8.52. The molecule has 0 spiro atoms. The minimum absolute atomic E-state index is 0.0308. The Hall–Kier alpha value is -4.04. The second kappa shape index (κ2) is 10.3. The molecule has 0 fully saturated rings. The summed E-state index contributed by atoms with van der Waals surface area (Å²) in [5, 5.41) is 11.6. The number of para-hydroxylation sites is 1. The molecule has 0 unspecified atom stereocenters. The zero-order valence-corrected chi connectivity index (χ0v) is 20.7. The number of nitrogens with one attached hydrogen (secondary N) is 2. The van der Waals surface area contributed by atoms with E-state index in [1.54, 1.807) is 14.2 Å². The maximum atomic E-state index is 12.7. The first-order chi connectivity index (χ1) is 17.5. The molecule has 9 heteroatoms. The fraction of sp³-hybridized carbons (Fsp3) is 0.222. The van der Waals surface area contributed by atoms with Gasteiger partial charge in [-0.3, -0.25) is 10.1 Å². The Labute approximate surface area is 214 Å². The molecule has 184 valence electrons. The fourth-order valence-electron chi connectivity index (χ4n) is 4.44. The molecule has 2 atom stereocenters. The number of benzene rings is 3. The van der Waals surface area contributed by atoms with Gasteiger partial charge < -0.3 is 14.8 Å². The minimum Gasteiger partial charge on any atom is -0.497 e. The van der Waals surface area contributed by atoms with Crippen molar-refractivity contribution in [1.29, 1.82) is 0 Å². The third kappa shape index (κ3) is 4.99. The minimum atomic E-state index is -0.203. The van der Waals surface area contributed by atoms with E-state index in [2.05, 4.69) is 20.7 Å². The summed E-state index contributed by atoms with van der Waals surface area (Å²) in [5.74, 6) is 2.12. The molecular formula is C27H26ClN5O3. The number of halogens is 1. The van der Waals surface area contributed by atoms with Gasteiger partial charge in [0.05, 0.1) is 32.7 Å². The summed E-state index contributed by atoms with van der Waals surface area (Å²) >= 11 is 6.11. The molecule has 1 aliphatic rings. The van der Waals surface area contributed by atoms with Gasteiger partial charge in [-0.15, -0.1) is 5.10 Å². The van der Waals surface area contributed by atoms with Crippen molar-refractivity contribution in [2.24, 2.45) is 0 Å². The molecule has 4 aromatic rings. The number of carbonyl (C=O) groups is 1. The largest absolute Gasteiger partial charge is 0.497 e. The summed E-state index contributed by atoms with van der Waals surface area (Å²) in [6.45, 7) is 0. The van der Waals surface area contributed by atoms with Crippen LogP contribution in [0.15, 0.2) is 72.8 Å². The van der Waals surface area contributed by atoms with E-state index in [1.807, 2.05) is 77.5 Å². The number of amides is 1. The van der Waals surface area contributed by atoms with Gasteiger partial charge in [0.15, 0.2) is 0 Å². The van der Waals surface area contributed by atoms with Gasteiger partial charge in [-0.05, 0) is 47.9 Å². The van der Waals surface area contributed by atoms with Crippen LogP contribution in [-0.4, -0.2) is 34.9 Å². The molecule has 0 saturated carbocycles. The van der Waals surface area contributed by atoms with E-state index in [9.17, 15) is 4.79 Å². The Morgan fingerprint density at radius 2 is 1.81 bits per heavy atom. The number of nitrogens with zero attached hydrogens (tertiary/aromatic N) is 3. The molecule has 0 bridgehead atoms. The molecular weight excluding hydrogens is 478 g/mol. The van der Waals surface area contributed by atoms with Gasteiger partial charge in [0.1, 0.15) is 11.5 Å². The third-order valence-corrected chi connectivity index (χ3v) is 6.49. The van der Waals surface area contributed by atoms with E-state index in [4.69, 9.17) is 21.1 Å². The standard InChI is InChI=1S/C27H26ClN5O3/c1-35-20-13-7-17(8-14-20)15-25(34)30-26-31-27-29-22(18-9-11-19(28)12-10-18)16-23(33(27)32-26)21-5-3-4-6-24(21)36-2/h3-14,22-23H,15-16H2,1-2H3,(H2,29,30,31,32,34)/t22-,23+/m1/s1. The monoisotopic (exact) mass is 503 g/mol. The normalized spacial score (nSPS) is 16.5. The van der Waals surface area contributed by atoms with Crippen LogP contribution in [0.4, 0.5) is 11.9 Å². The molecule has 1 amide bonds. The number of hydrogen-bond acceptors (Lipinski definition) is 6. The van der Waals surface area contributed by atoms with Crippen LogP contribution in [0, 0.1) is 0 Å². The Morgan fingerprint density at radius 3 is 2.53 bits per heavy atom. The van der Waals surface area contributed by atoms with E-state index in [0.717, 1.165) is 28.2 Å². The van der Waals surface area contributed by atoms with Gasteiger partial charge in [-0.1, -0.05) is 54.1 Å². The number of ether oxygens (including phenoxy) is 2. The molecule has 3 aromatic carbocycles. The lowest BCUT2D eigenvalue weighted by Gasteiger charge is -2.32. The van der Waals surface area contributed by atoms with Crippen molar-refractivity contribution in [2.45, 2.75) is 24.9 Å². The Morgan fingerprint density at radius 1 is 1.06 bits per heavy atom. The van der Waals surface area contributed by atoms with E-state index < -0.39 is 0 Å². The van der Waals surface area contributed by atoms with Crippen LogP contribution in [0.3, 0.4) is 0 Å². The van der Waals surface area contributed by atoms with Gasteiger partial charge in [0.25, 0.3) is 5.95 Å². The summed E-state index contributed by atoms with van der Waals surface area (Å²) in [6, 6.07) is 22.8. The summed E-state index contributed by atoms with van der Waals surface area (Å²) in [7, 11) is 3.27. The summed E-state index contributed by atoms with van der Waals surface area (Å²) in [5.41, 5.74) is 2.94. The van der Waals surface area contributed by atoms with Gasteiger partial charge in [0, 0.05) is 10.6 Å². The van der Waals surface area contributed by atoms with Crippen LogP contribution in [0.5, 0.6) is 11.5 Å². The maximum absolute atomic E-state index is 12.7. The summed E-state index contributed by atoms with van der Waals surface area (Å²) in [4.78, 5) is 17.3. The van der Waals surface area contributed by atoms with Crippen LogP contribution >= 0.6 is 11.6 Å². The predicted molar refractivity (Wildman–Crippen MR) is 139 cm³/mol. The third-order valence-electron chi connectivity index (χ3n) is 6.23. The fourth-order valence-corrected chi connectivity index (χ4v) is 4.57. The van der Waals surface area contributed by atoms with Crippen molar-refractivity contribution in [2.75, 3.05) is 24.9 Å². The van der Waals surface area contributed by atoms with Crippen LogP contribution in [0.2, 0.25) is 5.02 Å². The average molecular weight is 504 g/mol. The van der Waals surface area contributed by atoms with Crippen LogP contribution in [0.25, 0.3) is 0 Å². The lowest BCUT2D eigenvalue weighted by Crippen LogP contribution is -2.28. The van der Waals surface area contributed by atoms with Crippen molar-refractivity contribution in [3.8, 4) is 11.5 Å². The molecule has 0 radical (unpaired) electrons. The van der Waals surface area contributed by atoms with Gasteiger partial charge in [0.2, 0.25) is 11.9 Å². The van der Waals surface area contributed by atoms with E-state index in [0.29, 0.717) is 17.4 Å². The summed E-state index contributed by atoms with van der Waals surface area (Å²) < 4.78 is 12.6. The number of aromatic nitrogens is 3. The lowest BCUT2D eigenvalue weighted by molar-refractivity contribution is -0.115. The van der Waals surface area contributed by atoms with E-state index in [1.165, 1.54) is 0 Å². The van der Waals surface area contributed by atoms with Crippen LogP contribution < -0.4 is 20.1 Å². The number of rotatable bonds is 7. The highest BCUT2D eigenvalue weighted by Crippen LogP contribution is 2.41. The Balaban J connectivity index is 1.43. The van der Waals surface area contributed by atoms with Crippen molar-refractivity contribution < 1.29 is 14.3 Å². The van der Waals surface area contributed by atoms with E-state index in [-0.39, 0.29) is 30.4 Å². The molecule has 2 N–H and O–H groups in total. The first kappa shape index (κ1) is 23.7. The molecule has 5 rings (SSSR count). The van der Waals surface area contributed by atoms with Crippen molar-refractivity contribution >= 4 is 29.4 Å². The van der Waals surface area contributed by atoms with Gasteiger partial charge in [-0.2, -0.15) is 4.98 Å². The lowest BCUT2D eigenvalue weighted by atomic mass is 9.93. The average Bonchev–Trinajstić information content (AvgIpc) is 3.31. The van der Waals surface area contributed by atoms with Crippen LogP contribution in [0.1, 0.15) is 35.2 Å². The van der Waals surface area contributed by atoms with Gasteiger partial charge in [-0.25, -0.2) is 4.68 Å². The van der Waals surface area contributed by atoms with Crippen molar-refractivity contribution in [1.82, 2.24) is 14.8 Å². The van der Waals surface area contributed by atoms with Crippen LogP contribution in [-0.2, 0) is 11.2 Å². The van der Waals surface area contributed by atoms with Gasteiger partial charge >= 0.3 is 0 Å². The zero-order valence-electron chi connectivity index (χ0n) is 19.9. The Kier molecular flexibility index (Phi) is 6.77. The Bertz CT molecular complexity index is 1350. The van der Waals surface area contributed by atoms with Crippen molar-refractivity contribution in [3.05, 3.63) is 94.5 Å². The summed E-state index contributed by atoms with van der Waals surface area (Å²) in [6.07, 6.45) is 0.905. The molecule has 0 saturated heterocycles. The molecule has 1 aliphatic heterocycles. The number of carbonyl (C=O) groups excluding carboxylic acids is 1. The molecule has 0 aliphatic carbocycles. The molecule has 2 heterocycles. The number of anilines is 2. The first-order valence-corrected chi connectivity index (χ1v) is 12.0. The SMILES string of the molecule is COc1ccc(CC(=O)Nc2nc3n(n2)[C@H](c2ccccc2OC)C[C@H](c2ccc(Cl)cc2)N3)cc1. The molecule has 8 nitrogen and oxygen atoms in total. The molecule has 1 aromatic heterocycles. The number of fused-ring (bicyclic) bond motifs is 1. The second-order valence-corrected chi connectivity index (χ2v) is 8.95. The quantitative estimate of drug-likeness (QED) is 0.357. The number of hydrogen-bond donors (Lipinski definition) is 2. The predicted octanol–water partition coefficient (Wildman–Crippen LogP) is 5.28. The molecule has 36 heavy (non-hydrogen) atoms. The zero-order chi connectivity index (χ0) is 25.1. The number of methoxy groups -OCH3 is 2. The van der Waals surface area contributed by atoms with Crippen molar-refractivity contribution in [3.63, 3.8) is 0 Å². The van der Waals surface area contributed by atoms with E-state index >= 15 is 0 Å². The first-order valence-electron chi connectivity index (χ1n) is 11.6.